The molecule has 2 heterocycles. The number of aromatic nitrogens is 1. The number of ether oxygens (including phenoxy) is 1. The highest BCUT2D eigenvalue weighted by molar-refractivity contribution is 6.00. The monoisotopic (exact) mass is 429 g/mol. The summed E-state index contributed by atoms with van der Waals surface area (Å²) < 4.78 is 5.94. The molecule has 162 valence electrons. The summed E-state index contributed by atoms with van der Waals surface area (Å²) in [6.45, 7) is 1.81. The van der Waals surface area contributed by atoms with Gasteiger partial charge in [-0.3, -0.25) is 19.3 Å². The summed E-state index contributed by atoms with van der Waals surface area (Å²) in [4.78, 5) is 43.0. The third-order valence-corrected chi connectivity index (χ3v) is 5.18. The minimum Gasteiger partial charge on any atom is -0.472 e. The Kier molecular flexibility index (Phi) is 6.26. The molecule has 1 atom stereocenters. The van der Waals surface area contributed by atoms with Crippen molar-refractivity contribution < 1.29 is 19.1 Å². The van der Waals surface area contributed by atoms with Crippen LogP contribution in [0.3, 0.4) is 0 Å². The zero-order chi connectivity index (χ0) is 22.5. The lowest BCUT2D eigenvalue weighted by Gasteiger charge is -2.33. The van der Waals surface area contributed by atoms with Crippen LogP contribution >= 0.6 is 0 Å². The van der Waals surface area contributed by atoms with Gasteiger partial charge < -0.3 is 10.1 Å². The van der Waals surface area contributed by atoms with Crippen LogP contribution in [-0.2, 0) is 9.59 Å². The Hall–Kier alpha value is -4.00. The molecule has 32 heavy (non-hydrogen) atoms. The van der Waals surface area contributed by atoms with Crippen molar-refractivity contribution >= 4 is 29.1 Å². The van der Waals surface area contributed by atoms with Gasteiger partial charge >= 0.3 is 0 Å². The van der Waals surface area contributed by atoms with Crippen LogP contribution in [0, 0.1) is 0 Å². The molecule has 0 aliphatic carbocycles. The normalized spacial score (nSPS) is 15.0. The average molecular weight is 429 g/mol. The second-order valence-corrected chi connectivity index (χ2v) is 7.51. The van der Waals surface area contributed by atoms with Crippen molar-refractivity contribution in [3.8, 4) is 5.75 Å². The van der Waals surface area contributed by atoms with Crippen molar-refractivity contribution in [3.05, 3.63) is 84.1 Å². The van der Waals surface area contributed by atoms with Crippen LogP contribution in [0.15, 0.2) is 72.9 Å². The topological polar surface area (TPSA) is 88.6 Å². The second kappa shape index (κ2) is 9.43. The summed E-state index contributed by atoms with van der Waals surface area (Å²) >= 11 is 0. The molecular weight excluding hydrogens is 406 g/mol. The number of hydrogen-bond donors (Lipinski definition) is 1. The second-order valence-electron chi connectivity index (χ2n) is 7.51. The smallest absolute Gasteiger partial charge is 0.274 e. The van der Waals surface area contributed by atoms with Gasteiger partial charge in [-0.15, -0.1) is 0 Å². The predicted octanol–water partition coefficient (Wildman–Crippen LogP) is 4.17. The van der Waals surface area contributed by atoms with Crippen LogP contribution < -0.4 is 15.0 Å². The number of ketones is 1. The first-order valence-corrected chi connectivity index (χ1v) is 10.4. The standard InChI is InChI=1S/C25H23N3O4/c1-17(29)19-10-5-11-20(16-19)27-22(30)13-7-15-28-24-21(12-6-14-26-24)32-23(25(28)31)18-8-3-2-4-9-18/h2-6,8-12,14,16,23H,7,13,15H2,1H3,(H,27,30). The minimum atomic E-state index is -0.754. The lowest BCUT2D eigenvalue weighted by molar-refractivity contribution is -0.127. The van der Waals surface area contributed by atoms with Gasteiger partial charge in [0.2, 0.25) is 12.0 Å². The largest absolute Gasteiger partial charge is 0.472 e. The third kappa shape index (κ3) is 4.67. The molecule has 7 nitrogen and oxygen atoms in total. The van der Waals surface area contributed by atoms with Gasteiger partial charge in [-0.25, -0.2) is 4.98 Å². The molecule has 0 spiro atoms. The molecular formula is C25H23N3O4. The highest BCUT2D eigenvalue weighted by Gasteiger charge is 2.36. The first kappa shape index (κ1) is 21.2. The lowest BCUT2D eigenvalue weighted by Crippen LogP contribution is -2.42. The van der Waals surface area contributed by atoms with E-state index in [2.05, 4.69) is 10.3 Å². The van der Waals surface area contributed by atoms with Crippen molar-refractivity contribution in [3.63, 3.8) is 0 Å². The van der Waals surface area contributed by atoms with E-state index in [0.717, 1.165) is 5.56 Å². The number of Topliss-reactive ketones (excluding diaryl/α,β-unsaturated/α-hetero) is 1. The molecule has 7 heteroatoms. The van der Waals surface area contributed by atoms with Gasteiger partial charge in [-0.05, 0) is 37.6 Å². The Morgan fingerprint density at radius 1 is 1.06 bits per heavy atom. The highest BCUT2D eigenvalue weighted by Crippen LogP contribution is 2.37. The fraction of sp³-hybridized carbons (Fsp3) is 0.200. The van der Waals surface area contributed by atoms with Crippen molar-refractivity contribution in [1.29, 1.82) is 0 Å². The van der Waals surface area contributed by atoms with E-state index < -0.39 is 6.10 Å². The van der Waals surface area contributed by atoms with E-state index in [9.17, 15) is 14.4 Å². The summed E-state index contributed by atoms with van der Waals surface area (Å²) in [5.74, 6) is 0.529. The Morgan fingerprint density at radius 3 is 2.66 bits per heavy atom. The molecule has 3 aromatic rings. The molecule has 2 amide bonds. The summed E-state index contributed by atoms with van der Waals surface area (Å²) in [6.07, 6.45) is 1.52. The summed E-state index contributed by atoms with van der Waals surface area (Å²) in [5.41, 5.74) is 1.87. The Balaban J connectivity index is 1.42. The van der Waals surface area contributed by atoms with Crippen LogP contribution in [0.1, 0.15) is 41.8 Å². The van der Waals surface area contributed by atoms with Crippen molar-refractivity contribution in [1.82, 2.24) is 4.98 Å². The van der Waals surface area contributed by atoms with Gasteiger partial charge in [0.1, 0.15) is 0 Å². The molecule has 1 unspecified atom stereocenters. The van der Waals surface area contributed by atoms with E-state index in [4.69, 9.17) is 4.74 Å². The number of nitrogens with one attached hydrogen (secondary N) is 1. The molecule has 0 radical (unpaired) electrons. The SMILES string of the molecule is CC(=O)c1cccc(NC(=O)CCCN2C(=O)C(c3ccccc3)Oc3cccnc32)c1. The molecule has 1 aliphatic heterocycles. The van der Waals surface area contributed by atoms with Gasteiger partial charge in [0.25, 0.3) is 5.91 Å². The molecule has 4 rings (SSSR count). The number of rotatable bonds is 7. The molecule has 2 aromatic carbocycles. The number of amides is 2. The van der Waals surface area contributed by atoms with E-state index in [1.807, 2.05) is 30.3 Å². The van der Waals surface area contributed by atoms with E-state index in [1.54, 1.807) is 47.5 Å². The van der Waals surface area contributed by atoms with Crippen LogP contribution in [0.4, 0.5) is 11.5 Å². The van der Waals surface area contributed by atoms with E-state index >= 15 is 0 Å². The van der Waals surface area contributed by atoms with Crippen molar-refractivity contribution in [2.45, 2.75) is 25.9 Å². The van der Waals surface area contributed by atoms with Crippen LogP contribution in [0.5, 0.6) is 5.75 Å². The number of benzene rings is 2. The number of nitrogens with zero attached hydrogens (tertiary/aromatic N) is 2. The Morgan fingerprint density at radius 2 is 1.88 bits per heavy atom. The summed E-state index contributed by atoms with van der Waals surface area (Å²) in [7, 11) is 0. The fourth-order valence-electron chi connectivity index (χ4n) is 3.59. The molecule has 0 fully saturated rings. The minimum absolute atomic E-state index is 0.0638. The third-order valence-electron chi connectivity index (χ3n) is 5.18. The zero-order valence-corrected chi connectivity index (χ0v) is 17.7. The van der Waals surface area contributed by atoms with Crippen molar-refractivity contribution in [2.24, 2.45) is 0 Å². The average Bonchev–Trinajstić information content (AvgIpc) is 2.81. The number of hydrogen-bond acceptors (Lipinski definition) is 5. The van der Waals surface area contributed by atoms with Gasteiger partial charge in [-0.2, -0.15) is 0 Å². The van der Waals surface area contributed by atoms with E-state index in [1.165, 1.54) is 6.92 Å². The molecule has 1 N–H and O–H groups in total. The Bertz CT molecular complexity index is 1150. The first-order chi connectivity index (χ1) is 15.5. The number of anilines is 2. The Labute approximate surface area is 186 Å². The van der Waals surface area contributed by atoms with Gasteiger partial charge in [0, 0.05) is 36.0 Å². The summed E-state index contributed by atoms with van der Waals surface area (Å²) in [6, 6.07) is 19.7. The molecule has 0 saturated heterocycles. The van der Waals surface area contributed by atoms with Crippen LogP contribution in [-0.4, -0.2) is 29.1 Å². The molecule has 0 saturated carbocycles. The maximum absolute atomic E-state index is 13.2. The van der Waals surface area contributed by atoms with Crippen LogP contribution in [0.2, 0.25) is 0 Å². The molecule has 1 aliphatic rings. The van der Waals surface area contributed by atoms with E-state index in [-0.39, 0.29) is 24.0 Å². The number of fused-ring (bicyclic) bond motifs is 1. The van der Waals surface area contributed by atoms with Crippen LogP contribution in [0.25, 0.3) is 0 Å². The zero-order valence-electron chi connectivity index (χ0n) is 17.7. The molecule has 1 aromatic heterocycles. The fourth-order valence-corrected chi connectivity index (χ4v) is 3.59. The van der Waals surface area contributed by atoms with Gasteiger partial charge in [-0.1, -0.05) is 42.5 Å². The number of pyridine rings is 1. The maximum atomic E-state index is 13.2. The lowest BCUT2D eigenvalue weighted by atomic mass is 10.1. The quantitative estimate of drug-likeness (QED) is 0.570. The van der Waals surface area contributed by atoms with E-state index in [0.29, 0.717) is 35.8 Å². The van der Waals surface area contributed by atoms with Gasteiger partial charge in [0.05, 0.1) is 0 Å². The predicted molar refractivity (Wildman–Crippen MR) is 121 cm³/mol. The highest BCUT2D eigenvalue weighted by atomic mass is 16.5. The first-order valence-electron chi connectivity index (χ1n) is 10.4. The maximum Gasteiger partial charge on any atom is 0.274 e. The number of carbonyl (C=O) groups is 3. The summed E-state index contributed by atoms with van der Waals surface area (Å²) in [5, 5.41) is 2.80. The number of carbonyl (C=O) groups excluding carboxylic acids is 3. The van der Waals surface area contributed by atoms with Gasteiger partial charge in [0.15, 0.2) is 17.4 Å². The van der Waals surface area contributed by atoms with Crippen molar-refractivity contribution in [2.75, 3.05) is 16.8 Å². The molecule has 0 bridgehead atoms.